The largest absolute Gasteiger partial charge is 0.299 e. The summed E-state index contributed by atoms with van der Waals surface area (Å²) in [5.41, 5.74) is 0. The number of nitrogens with zero attached hydrogens (tertiary/aromatic N) is 1. The van der Waals surface area contributed by atoms with Crippen molar-refractivity contribution in [3.8, 4) is 0 Å². The monoisotopic (exact) mass is 211 g/mol. The molecule has 0 spiro atoms. The van der Waals surface area contributed by atoms with Gasteiger partial charge in [-0.05, 0) is 25.8 Å². The highest BCUT2D eigenvalue weighted by Gasteiger charge is 2.21. The van der Waals surface area contributed by atoms with Gasteiger partial charge in [-0.1, -0.05) is 33.1 Å². The van der Waals surface area contributed by atoms with E-state index in [0.717, 1.165) is 19.4 Å². The number of hydrogen-bond acceptors (Lipinski definition) is 2. The van der Waals surface area contributed by atoms with E-state index in [0.29, 0.717) is 24.2 Å². The summed E-state index contributed by atoms with van der Waals surface area (Å²) in [6.45, 7) is 6.07. The molecule has 88 valence electrons. The van der Waals surface area contributed by atoms with Crippen LogP contribution in [0.5, 0.6) is 0 Å². The molecule has 0 unspecified atom stereocenters. The third-order valence-corrected chi connectivity index (χ3v) is 3.16. The maximum Gasteiger partial charge on any atom is 0.149 e. The van der Waals surface area contributed by atoms with Gasteiger partial charge in [-0.25, -0.2) is 0 Å². The van der Waals surface area contributed by atoms with E-state index in [9.17, 15) is 4.79 Å². The molecule has 0 amide bonds. The van der Waals surface area contributed by atoms with E-state index in [4.69, 9.17) is 0 Å². The molecular formula is C13H25NO. The highest BCUT2D eigenvalue weighted by Crippen LogP contribution is 2.24. The van der Waals surface area contributed by atoms with Crippen LogP contribution in [0, 0.1) is 11.8 Å². The van der Waals surface area contributed by atoms with Gasteiger partial charge in [-0.3, -0.25) is 9.69 Å². The summed E-state index contributed by atoms with van der Waals surface area (Å²) in [5.74, 6) is 1.49. The molecule has 1 rings (SSSR count). The second-order valence-corrected chi connectivity index (χ2v) is 5.39. The van der Waals surface area contributed by atoms with Gasteiger partial charge < -0.3 is 0 Å². The first-order valence-corrected chi connectivity index (χ1v) is 6.31. The minimum atomic E-state index is 0.369. The van der Waals surface area contributed by atoms with Crippen molar-refractivity contribution in [2.24, 2.45) is 11.8 Å². The van der Waals surface area contributed by atoms with Gasteiger partial charge in [0.25, 0.3) is 0 Å². The maximum absolute atomic E-state index is 11.9. The maximum atomic E-state index is 11.9. The van der Waals surface area contributed by atoms with E-state index in [2.05, 4.69) is 25.8 Å². The van der Waals surface area contributed by atoms with E-state index >= 15 is 0 Å². The van der Waals surface area contributed by atoms with Crippen LogP contribution >= 0.6 is 0 Å². The van der Waals surface area contributed by atoms with Crippen molar-refractivity contribution in [3.63, 3.8) is 0 Å². The molecule has 0 aromatic rings. The summed E-state index contributed by atoms with van der Waals surface area (Å²) < 4.78 is 0. The van der Waals surface area contributed by atoms with Crippen molar-refractivity contribution in [2.75, 3.05) is 20.1 Å². The topological polar surface area (TPSA) is 20.3 Å². The van der Waals surface area contributed by atoms with E-state index in [1.807, 2.05) is 0 Å². The van der Waals surface area contributed by atoms with Crippen molar-refractivity contribution < 1.29 is 4.79 Å². The summed E-state index contributed by atoms with van der Waals surface area (Å²) in [5, 5.41) is 0. The fourth-order valence-electron chi connectivity index (χ4n) is 2.51. The number of carbonyl (C=O) groups excluding carboxylic acids is 1. The Balaban J connectivity index is 2.27. The molecule has 0 atom stereocenters. The zero-order chi connectivity index (χ0) is 11.3. The molecule has 15 heavy (non-hydrogen) atoms. The first-order chi connectivity index (χ1) is 7.09. The molecule has 0 aliphatic heterocycles. The smallest absolute Gasteiger partial charge is 0.149 e. The molecule has 0 aromatic heterocycles. The van der Waals surface area contributed by atoms with E-state index in [1.54, 1.807) is 0 Å². The number of carbonyl (C=O) groups is 1. The Labute approximate surface area is 94.0 Å². The first-order valence-electron chi connectivity index (χ1n) is 6.31. The van der Waals surface area contributed by atoms with Gasteiger partial charge in [0.15, 0.2) is 0 Å². The van der Waals surface area contributed by atoms with Crippen molar-refractivity contribution in [1.29, 1.82) is 0 Å². The lowest BCUT2D eigenvalue weighted by molar-refractivity contribution is -0.124. The van der Waals surface area contributed by atoms with Gasteiger partial charge >= 0.3 is 0 Å². The van der Waals surface area contributed by atoms with Crippen LogP contribution < -0.4 is 0 Å². The zero-order valence-corrected chi connectivity index (χ0v) is 10.5. The van der Waals surface area contributed by atoms with Crippen LogP contribution in [0.15, 0.2) is 0 Å². The fraction of sp³-hybridized carbons (Fsp3) is 0.923. The van der Waals surface area contributed by atoms with Gasteiger partial charge in [0.05, 0.1) is 6.54 Å². The van der Waals surface area contributed by atoms with Crippen LogP contribution in [0.2, 0.25) is 0 Å². The number of ketones is 1. The Morgan fingerprint density at radius 3 is 2.40 bits per heavy atom. The van der Waals surface area contributed by atoms with Crippen molar-refractivity contribution >= 4 is 5.78 Å². The normalized spacial score (nSPS) is 18.7. The van der Waals surface area contributed by atoms with E-state index in [1.165, 1.54) is 19.3 Å². The molecule has 0 heterocycles. The lowest BCUT2D eigenvalue weighted by Crippen LogP contribution is -2.33. The summed E-state index contributed by atoms with van der Waals surface area (Å²) in [7, 11) is 2.06. The predicted octanol–water partition coefficient (Wildman–Crippen LogP) is 2.72. The Hall–Kier alpha value is -0.370. The minimum Gasteiger partial charge on any atom is -0.299 e. The Kier molecular flexibility index (Phi) is 5.30. The van der Waals surface area contributed by atoms with Crippen LogP contribution in [0.25, 0.3) is 0 Å². The lowest BCUT2D eigenvalue weighted by atomic mass is 9.86. The quantitative estimate of drug-likeness (QED) is 0.697. The Bertz CT molecular complexity index is 195. The number of likely N-dealkylation sites (N-methyl/N-ethyl adjacent to an activating group) is 1. The molecule has 0 N–H and O–H groups in total. The fourth-order valence-corrected chi connectivity index (χ4v) is 2.51. The summed E-state index contributed by atoms with van der Waals surface area (Å²) in [6, 6.07) is 0. The zero-order valence-electron chi connectivity index (χ0n) is 10.5. The number of Topliss-reactive ketones (excluding diaryl/α,β-unsaturated/α-hetero) is 1. The van der Waals surface area contributed by atoms with Gasteiger partial charge in [-0.2, -0.15) is 0 Å². The molecule has 1 aliphatic rings. The van der Waals surface area contributed by atoms with Crippen LogP contribution in [0.4, 0.5) is 0 Å². The van der Waals surface area contributed by atoms with Gasteiger partial charge in [-0.15, -0.1) is 0 Å². The molecule has 1 fully saturated rings. The van der Waals surface area contributed by atoms with Crippen LogP contribution in [-0.2, 0) is 4.79 Å². The second-order valence-electron chi connectivity index (χ2n) is 5.39. The molecule has 1 saturated carbocycles. The summed E-state index contributed by atoms with van der Waals surface area (Å²) in [6.07, 6.45) is 6.10. The van der Waals surface area contributed by atoms with Crippen LogP contribution in [0.1, 0.15) is 46.0 Å². The van der Waals surface area contributed by atoms with Crippen LogP contribution in [-0.4, -0.2) is 30.8 Å². The number of hydrogen-bond donors (Lipinski definition) is 0. The molecule has 1 aliphatic carbocycles. The third kappa shape index (κ3) is 4.78. The predicted molar refractivity (Wildman–Crippen MR) is 63.9 cm³/mol. The van der Waals surface area contributed by atoms with Gasteiger partial charge in [0.2, 0.25) is 0 Å². The second kappa shape index (κ2) is 6.26. The van der Waals surface area contributed by atoms with Crippen molar-refractivity contribution in [3.05, 3.63) is 0 Å². The molecule has 0 bridgehead atoms. The Morgan fingerprint density at radius 2 is 1.87 bits per heavy atom. The lowest BCUT2D eigenvalue weighted by Gasteiger charge is -2.24. The summed E-state index contributed by atoms with van der Waals surface area (Å²) in [4.78, 5) is 14.1. The van der Waals surface area contributed by atoms with Crippen LogP contribution in [0.3, 0.4) is 0 Å². The van der Waals surface area contributed by atoms with Crippen molar-refractivity contribution in [1.82, 2.24) is 4.90 Å². The standard InChI is InChI=1S/C13H25NO/c1-11(2)9-14(3)10-13(15)12-7-5-4-6-8-12/h11-12H,4-10H2,1-3H3. The molecule has 2 heteroatoms. The van der Waals surface area contributed by atoms with E-state index < -0.39 is 0 Å². The highest BCUT2D eigenvalue weighted by atomic mass is 16.1. The molecule has 0 aromatic carbocycles. The molecule has 0 radical (unpaired) electrons. The average molecular weight is 211 g/mol. The average Bonchev–Trinajstić information content (AvgIpc) is 2.17. The van der Waals surface area contributed by atoms with E-state index in [-0.39, 0.29) is 0 Å². The van der Waals surface area contributed by atoms with Gasteiger partial charge in [0.1, 0.15) is 5.78 Å². The third-order valence-electron chi connectivity index (χ3n) is 3.16. The Morgan fingerprint density at radius 1 is 1.27 bits per heavy atom. The molecule has 2 nitrogen and oxygen atoms in total. The highest BCUT2D eigenvalue weighted by molar-refractivity contribution is 5.82. The first kappa shape index (κ1) is 12.7. The van der Waals surface area contributed by atoms with Crippen molar-refractivity contribution in [2.45, 2.75) is 46.0 Å². The van der Waals surface area contributed by atoms with Gasteiger partial charge in [0, 0.05) is 12.5 Å². The molecule has 0 saturated heterocycles. The molecular weight excluding hydrogens is 186 g/mol. The number of rotatable bonds is 5. The minimum absolute atomic E-state index is 0.369. The SMILES string of the molecule is CC(C)CN(C)CC(=O)C1CCCCC1. The summed E-state index contributed by atoms with van der Waals surface area (Å²) >= 11 is 0.